The number of nitrogens with zero attached hydrogens (tertiary/aromatic N) is 1. The molecule has 5 nitrogen and oxygen atoms in total. The van der Waals surface area contributed by atoms with Gasteiger partial charge < -0.3 is 15.0 Å². The van der Waals surface area contributed by atoms with E-state index >= 15 is 0 Å². The lowest BCUT2D eigenvalue weighted by Crippen LogP contribution is -2.49. The highest BCUT2D eigenvalue weighted by molar-refractivity contribution is 6.31. The van der Waals surface area contributed by atoms with E-state index in [1.165, 1.54) is 4.90 Å². The molecule has 2 amide bonds. The third-order valence-electron chi connectivity index (χ3n) is 5.06. The fourth-order valence-electron chi connectivity index (χ4n) is 2.95. The summed E-state index contributed by atoms with van der Waals surface area (Å²) < 4.78 is 5.80. The third kappa shape index (κ3) is 6.49. The predicted molar refractivity (Wildman–Crippen MR) is 121 cm³/mol. The number of ether oxygens (including phenoxy) is 1. The number of hydrogen-bond acceptors (Lipinski definition) is 3. The second-order valence-electron chi connectivity index (χ2n) is 7.91. The second-order valence-corrected chi connectivity index (χ2v) is 8.32. The van der Waals surface area contributed by atoms with Gasteiger partial charge in [0.2, 0.25) is 5.91 Å². The molecule has 0 aliphatic carbocycles. The zero-order chi connectivity index (χ0) is 22.3. The minimum absolute atomic E-state index is 0.156. The summed E-state index contributed by atoms with van der Waals surface area (Å²) in [4.78, 5) is 27.3. The van der Waals surface area contributed by atoms with Crippen LogP contribution in [0, 0.1) is 19.8 Å². The Hall–Kier alpha value is -2.53. The van der Waals surface area contributed by atoms with E-state index in [-0.39, 0.29) is 25.0 Å². The topological polar surface area (TPSA) is 58.6 Å². The molecular weight excluding hydrogens is 400 g/mol. The van der Waals surface area contributed by atoms with Crippen molar-refractivity contribution in [2.45, 2.75) is 47.2 Å². The third-order valence-corrected chi connectivity index (χ3v) is 5.43. The van der Waals surface area contributed by atoms with E-state index in [1.807, 2.05) is 64.1 Å². The molecular formula is C24H31ClN2O3. The SMILES string of the molecule is Cc1cccc(OCC(=O)N(Cc2ccccc2Cl)[C@@H](C)C(=O)NCC(C)C)c1C. The first kappa shape index (κ1) is 23.7. The summed E-state index contributed by atoms with van der Waals surface area (Å²) in [6, 6.07) is 12.4. The summed E-state index contributed by atoms with van der Waals surface area (Å²) in [6.45, 7) is 10.3. The van der Waals surface area contributed by atoms with Gasteiger partial charge in [0.05, 0.1) is 0 Å². The maximum Gasteiger partial charge on any atom is 0.261 e. The van der Waals surface area contributed by atoms with Crippen LogP contribution in [0.2, 0.25) is 5.02 Å². The van der Waals surface area contributed by atoms with Gasteiger partial charge in [-0.1, -0.05) is 55.8 Å². The Morgan fingerprint density at radius 3 is 2.43 bits per heavy atom. The van der Waals surface area contributed by atoms with E-state index in [2.05, 4.69) is 5.32 Å². The Kier molecular flexibility index (Phi) is 8.72. The van der Waals surface area contributed by atoms with Crippen LogP contribution in [0.15, 0.2) is 42.5 Å². The first-order valence-corrected chi connectivity index (χ1v) is 10.6. The predicted octanol–water partition coefficient (Wildman–Crippen LogP) is 4.53. The summed E-state index contributed by atoms with van der Waals surface area (Å²) in [7, 11) is 0. The number of carbonyl (C=O) groups is 2. The van der Waals surface area contributed by atoms with Crippen molar-refractivity contribution < 1.29 is 14.3 Å². The molecule has 2 aromatic rings. The summed E-state index contributed by atoms with van der Waals surface area (Å²) >= 11 is 6.30. The molecule has 162 valence electrons. The molecule has 0 bridgehead atoms. The zero-order valence-corrected chi connectivity index (χ0v) is 19.1. The molecule has 0 radical (unpaired) electrons. The normalized spacial score (nSPS) is 11.8. The molecule has 0 aromatic heterocycles. The second kappa shape index (κ2) is 11.0. The first-order chi connectivity index (χ1) is 14.2. The van der Waals surface area contributed by atoms with Gasteiger partial charge in [0.25, 0.3) is 5.91 Å². The molecule has 0 aliphatic heterocycles. The summed E-state index contributed by atoms with van der Waals surface area (Å²) in [5.74, 6) is 0.512. The molecule has 2 rings (SSSR count). The van der Waals surface area contributed by atoms with Gasteiger partial charge in [-0.2, -0.15) is 0 Å². The Morgan fingerprint density at radius 2 is 1.77 bits per heavy atom. The van der Waals surface area contributed by atoms with Crippen molar-refractivity contribution in [3.8, 4) is 5.75 Å². The molecule has 6 heteroatoms. The lowest BCUT2D eigenvalue weighted by molar-refractivity contribution is -0.142. The molecule has 0 spiro atoms. The van der Waals surface area contributed by atoms with Gasteiger partial charge in [-0.05, 0) is 55.5 Å². The van der Waals surface area contributed by atoms with E-state index in [0.717, 1.165) is 16.7 Å². The molecule has 0 unspecified atom stereocenters. The van der Waals surface area contributed by atoms with Crippen LogP contribution in [0.5, 0.6) is 5.75 Å². The van der Waals surface area contributed by atoms with Crippen molar-refractivity contribution in [2.75, 3.05) is 13.2 Å². The highest BCUT2D eigenvalue weighted by atomic mass is 35.5. The molecule has 2 aromatic carbocycles. The zero-order valence-electron chi connectivity index (χ0n) is 18.4. The van der Waals surface area contributed by atoms with Gasteiger partial charge in [-0.25, -0.2) is 0 Å². The number of rotatable bonds is 9. The number of hydrogen-bond donors (Lipinski definition) is 1. The molecule has 0 fully saturated rings. The maximum atomic E-state index is 13.1. The molecule has 1 atom stereocenters. The minimum atomic E-state index is -0.658. The van der Waals surface area contributed by atoms with Crippen LogP contribution in [-0.2, 0) is 16.1 Å². The van der Waals surface area contributed by atoms with Crippen molar-refractivity contribution in [1.29, 1.82) is 0 Å². The lowest BCUT2D eigenvalue weighted by atomic mass is 10.1. The van der Waals surface area contributed by atoms with Gasteiger partial charge >= 0.3 is 0 Å². The van der Waals surface area contributed by atoms with Gasteiger partial charge in [-0.3, -0.25) is 9.59 Å². The quantitative estimate of drug-likeness (QED) is 0.636. The summed E-state index contributed by atoms with van der Waals surface area (Å²) in [5, 5.41) is 3.46. The van der Waals surface area contributed by atoms with E-state index in [9.17, 15) is 9.59 Å². The number of benzene rings is 2. The van der Waals surface area contributed by atoms with E-state index in [1.54, 1.807) is 13.0 Å². The smallest absolute Gasteiger partial charge is 0.261 e. The Labute approximate surface area is 184 Å². The Bertz CT molecular complexity index is 883. The average Bonchev–Trinajstić information content (AvgIpc) is 2.71. The number of aryl methyl sites for hydroxylation is 1. The van der Waals surface area contributed by atoms with Crippen LogP contribution in [0.4, 0.5) is 0 Å². The van der Waals surface area contributed by atoms with Crippen molar-refractivity contribution >= 4 is 23.4 Å². The van der Waals surface area contributed by atoms with Crippen LogP contribution < -0.4 is 10.1 Å². The molecule has 1 N–H and O–H groups in total. The molecule has 0 saturated heterocycles. The van der Waals surface area contributed by atoms with Gasteiger partial charge in [-0.15, -0.1) is 0 Å². The van der Waals surface area contributed by atoms with Crippen LogP contribution in [-0.4, -0.2) is 35.9 Å². The fraction of sp³-hybridized carbons (Fsp3) is 0.417. The van der Waals surface area contributed by atoms with E-state index in [0.29, 0.717) is 23.2 Å². The summed E-state index contributed by atoms with van der Waals surface area (Å²) in [5.41, 5.74) is 2.86. The highest BCUT2D eigenvalue weighted by Crippen LogP contribution is 2.22. The molecule has 0 heterocycles. The van der Waals surface area contributed by atoms with E-state index < -0.39 is 6.04 Å². The van der Waals surface area contributed by atoms with Crippen LogP contribution >= 0.6 is 11.6 Å². The number of amides is 2. The molecule has 0 aliphatic rings. The fourth-order valence-corrected chi connectivity index (χ4v) is 3.14. The summed E-state index contributed by atoms with van der Waals surface area (Å²) in [6.07, 6.45) is 0. The van der Waals surface area contributed by atoms with Crippen LogP contribution in [0.1, 0.15) is 37.5 Å². The number of halogens is 1. The highest BCUT2D eigenvalue weighted by Gasteiger charge is 2.27. The van der Waals surface area contributed by atoms with Crippen molar-refractivity contribution in [2.24, 2.45) is 5.92 Å². The Morgan fingerprint density at radius 1 is 1.07 bits per heavy atom. The van der Waals surface area contributed by atoms with Crippen LogP contribution in [0.25, 0.3) is 0 Å². The average molecular weight is 431 g/mol. The molecule has 30 heavy (non-hydrogen) atoms. The van der Waals surface area contributed by atoms with Gasteiger partial charge in [0.15, 0.2) is 6.61 Å². The minimum Gasteiger partial charge on any atom is -0.483 e. The van der Waals surface area contributed by atoms with Crippen molar-refractivity contribution in [3.05, 3.63) is 64.2 Å². The monoisotopic (exact) mass is 430 g/mol. The van der Waals surface area contributed by atoms with Crippen molar-refractivity contribution in [3.63, 3.8) is 0 Å². The number of nitrogens with one attached hydrogen (secondary N) is 1. The lowest BCUT2D eigenvalue weighted by Gasteiger charge is -2.29. The van der Waals surface area contributed by atoms with E-state index in [4.69, 9.17) is 16.3 Å². The maximum absolute atomic E-state index is 13.1. The molecule has 0 saturated carbocycles. The Balaban J connectivity index is 2.18. The first-order valence-electron chi connectivity index (χ1n) is 10.2. The standard InChI is InChI=1S/C24H31ClN2O3/c1-16(2)13-26-24(29)19(5)27(14-20-10-6-7-11-21(20)25)23(28)15-30-22-12-8-9-17(3)18(22)4/h6-12,16,19H,13-15H2,1-5H3,(H,26,29)/t19-/m0/s1. The van der Waals surface area contributed by atoms with Gasteiger partial charge in [0, 0.05) is 18.1 Å². The number of carbonyl (C=O) groups excluding carboxylic acids is 2. The largest absolute Gasteiger partial charge is 0.483 e. The van der Waals surface area contributed by atoms with Crippen LogP contribution in [0.3, 0.4) is 0 Å². The van der Waals surface area contributed by atoms with Crippen molar-refractivity contribution in [1.82, 2.24) is 10.2 Å². The van der Waals surface area contributed by atoms with Gasteiger partial charge in [0.1, 0.15) is 11.8 Å².